The van der Waals surface area contributed by atoms with E-state index in [1.807, 2.05) is 0 Å². The van der Waals surface area contributed by atoms with Crippen molar-refractivity contribution >= 4 is 21.6 Å². The molecule has 10 heteroatoms. The zero-order valence-electron chi connectivity index (χ0n) is 17.4. The van der Waals surface area contributed by atoms with E-state index in [-0.39, 0.29) is 30.4 Å². The molecule has 1 atom stereocenters. The van der Waals surface area contributed by atoms with Gasteiger partial charge in [-0.3, -0.25) is 9.52 Å². The van der Waals surface area contributed by atoms with Crippen LogP contribution in [-0.2, 0) is 10.0 Å². The molecule has 3 N–H and O–H groups in total. The Kier molecular flexibility index (Phi) is 6.66. The van der Waals surface area contributed by atoms with Crippen LogP contribution in [0.3, 0.4) is 0 Å². The van der Waals surface area contributed by atoms with Crippen molar-refractivity contribution in [1.82, 2.24) is 5.32 Å². The maximum Gasteiger partial charge on any atom is 0.261 e. The van der Waals surface area contributed by atoms with Gasteiger partial charge in [-0.1, -0.05) is 18.2 Å². The molecule has 9 nitrogen and oxygen atoms in total. The fourth-order valence-corrected chi connectivity index (χ4v) is 4.09. The monoisotopic (exact) mass is 470 g/mol. The second-order valence-electron chi connectivity index (χ2n) is 7.19. The number of anilines is 1. The summed E-state index contributed by atoms with van der Waals surface area (Å²) >= 11 is 0. The van der Waals surface area contributed by atoms with Gasteiger partial charge < -0.3 is 24.6 Å². The summed E-state index contributed by atoms with van der Waals surface area (Å²) in [6.07, 6.45) is -0.950. The van der Waals surface area contributed by atoms with E-state index in [1.165, 1.54) is 24.3 Å². The van der Waals surface area contributed by atoms with Crippen molar-refractivity contribution in [3.8, 4) is 17.2 Å². The van der Waals surface area contributed by atoms with Crippen LogP contribution in [0.1, 0.15) is 10.4 Å². The van der Waals surface area contributed by atoms with Crippen molar-refractivity contribution in [3.63, 3.8) is 0 Å². The summed E-state index contributed by atoms with van der Waals surface area (Å²) in [5.41, 5.74) is 0.703. The molecule has 1 heterocycles. The Bertz CT molecular complexity index is 1220. The molecule has 3 aromatic carbocycles. The lowest BCUT2D eigenvalue weighted by molar-refractivity contribution is 0.0843. The minimum atomic E-state index is -3.77. The maximum absolute atomic E-state index is 12.5. The molecule has 0 aliphatic carbocycles. The number of carbonyl (C=O) groups is 1. The predicted octanol–water partition coefficient (Wildman–Crippen LogP) is 2.39. The number of para-hydroxylation sites is 1. The van der Waals surface area contributed by atoms with E-state index in [0.717, 1.165) is 0 Å². The third kappa shape index (κ3) is 5.73. The lowest BCUT2D eigenvalue weighted by Gasteiger charge is -2.14. The fraction of sp³-hybridized carbons (Fsp3) is 0.174. The van der Waals surface area contributed by atoms with Crippen LogP contribution in [0.5, 0.6) is 17.2 Å². The molecular formula is C23H22N2O7S. The molecule has 33 heavy (non-hydrogen) atoms. The van der Waals surface area contributed by atoms with Crippen molar-refractivity contribution in [2.75, 3.05) is 24.7 Å². The number of amides is 1. The van der Waals surface area contributed by atoms with E-state index in [2.05, 4.69) is 10.0 Å². The van der Waals surface area contributed by atoms with Crippen molar-refractivity contribution < 1.29 is 32.5 Å². The normalized spacial score (nSPS) is 13.2. The standard InChI is InChI=1S/C23H22N2O7S/c26-18(14-30-19-8-11-21-22(12-19)32-15-31-21)13-24-23(27)16-6-9-20(10-7-16)33(28,29)25-17-4-2-1-3-5-17/h1-12,18,25-26H,13-15H2,(H,24,27). The average Bonchev–Trinajstić information content (AvgIpc) is 3.29. The molecule has 1 aliphatic heterocycles. The molecule has 1 amide bonds. The summed E-state index contributed by atoms with van der Waals surface area (Å²) in [7, 11) is -3.77. The molecule has 0 saturated heterocycles. The number of benzene rings is 3. The second-order valence-corrected chi connectivity index (χ2v) is 8.87. The van der Waals surface area contributed by atoms with Gasteiger partial charge in [0, 0.05) is 23.9 Å². The highest BCUT2D eigenvalue weighted by Crippen LogP contribution is 2.35. The molecule has 0 bridgehead atoms. The van der Waals surface area contributed by atoms with Crippen LogP contribution < -0.4 is 24.2 Å². The van der Waals surface area contributed by atoms with Gasteiger partial charge in [-0.25, -0.2) is 8.42 Å². The Morgan fingerprint density at radius 3 is 2.48 bits per heavy atom. The number of ether oxygens (including phenoxy) is 3. The highest BCUT2D eigenvalue weighted by Gasteiger charge is 2.17. The number of nitrogens with one attached hydrogen (secondary N) is 2. The quantitative estimate of drug-likeness (QED) is 0.439. The molecule has 172 valence electrons. The average molecular weight is 471 g/mol. The molecule has 0 aromatic heterocycles. The van der Waals surface area contributed by atoms with E-state index in [0.29, 0.717) is 22.9 Å². The van der Waals surface area contributed by atoms with Crippen LogP contribution in [0.2, 0.25) is 0 Å². The highest BCUT2D eigenvalue weighted by atomic mass is 32.2. The number of aliphatic hydroxyl groups excluding tert-OH is 1. The van der Waals surface area contributed by atoms with Crippen LogP contribution in [-0.4, -0.2) is 45.5 Å². The molecule has 1 aliphatic rings. The van der Waals surface area contributed by atoms with Gasteiger partial charge >= 0.3 is 0 Å². The van der Waals surface area contributed by atoms with Crippen molar-refractivity contribution in [2.24, 2.45) is 0 Å². The molecule has 0 fully saturated rings. The van der Waals surface area contributed by atoms with Gasteiger partial charge in [-0.05, 0) is 48.5 Å². The number of rotatable bonds is 9. The van der Waals surface area contributed by atoms with Gasteiger partial charge in [0.05, 0.1) is 4.90 Å². The lowest BCUT2D eigenvalue weighted by atomic mass is 10.2. The second kappa shape index (κ2) is 9.80. The first kappa shape index (κ1) is 22.4. The van der Waals surface area contributed by atoms with Crippen LogP contribution in [0.25, 0.3) is 0 Å². The topological polar surface area (TPSA) is 123 Å². The van der Waals surface area contributed by atoms with E-state index >= 15 is 0 Å². The minimum absolute atomic E-state index is 0.0278. The largest absolute Gasteiger partial charge is 0.491 e. The van der Waals surface area contributed by atoms with Crippen LogP contribution in [0, 0.1) is 0 Å². The van der Waals surface area contributed by atoms with E-state index in [4.69, 9.17) is 14.2 Å². The van der Waals surface area contributed by atoms with Crippen molar-refractivity contribution in [2.45, 2.75) is 11.0 Å². The van der Waals surface area contributed by atoms with Crippen LogP contribution >= 0.6 is 0 Å². The van der Waals surface area contributed by atoms with E-state index in [9.17, 15) is 18.3 Å². The first-order valence-corrected chi connectivity index (χ1v) is 11.6. The number of aliphatic hydroxyl groups is 1. The Morgan fingerprint density at radius 1 is 1.00 bits per heavy atom. The molecular weight excluding hydrogens is 448 g/mol. The number of fused-ring (bicyclic) bond motifs is 1. The Morgan fingerprint density at radius 2 is 1.73 bits per heavy atom. The number of sulfonamides is 1. The molecule has 0 spiro atoms. The number of hydrogen-bond donors (Lipinski definition) is 3. The smallest absolute Gasteiger partial charge is 0.261 e. The summed E-state index contributed by atoms with van der Waals surface area (Å²) in [6, 6.07) is 19.1. The third-order valence-electron chi connectivity index (χ3n) is 4.74. The molecule has 1 unspecified atom stereocenters. The minimum Gasteiger partial charge on any atom is -0.491 e. The van der Waals surface area contributed by atoms with E-state index in [1.54, 1.807) is 48.5 Å². The summed E-state index contributed by atoms with van der Waals surface area (Å²) in [4.78, 5) is 12.4. The predicted molar refractivity (Wildman–Crippen MR) is 120 cm³/mol. The first-order chi connectivity index (χ1) is 15.9. The van der Waals surface area contributed by atoms with Crippen molar-refractivity contribution in [1.29, 1.82) is 0 Å². The van der Waals surface area contributed by atoms with Gasteiger partial charge in [0.1, 0.15) is 18.5 Å². The molecule has 0 saturated carbocycles. The van der Waals surface area contributed by atoms with Crippen LogP contribution in [0.15, 0.2) is 77.7 Å². The maximum atomic E-state index is 12.5. The van der Waals surface area contributed by atoms with Gasteiger partial charge in [0.2, 0.25) is 6.79 Å². The lowest BCUT2D eigenvalue weighted by Crippen LogP contribution is -2.35. The summed E-state index contributed by atoms with van der Waals surface area (Å²) in [5.74, 6) is 1.26. The summed E-state index contributed by atoms with van der Waals surface area (Å²) in [5, 5.41) is 12.7. The van der Waals surface area contributed by atoms with E-state index < -0.39 is 22.0 Å². The first-order valence-electron chi connectivity index (χ1n) is 10.1. The van der Waals surface area contributed by atoms with Gasteiger partial charge in [0.15, 0.2) is 11.5 Å². The van der Waals surface area contributed by atoms with Crippen molar-refractivity contribution in [3.05, 3.63) is 78.4 Å². The molecule has 4 rings (SSSR count). The zero-order valence-corrected chi connectivity index (χ0v) is 18.2. The SMILES string of the molecule is O=C(NCC(O)COc1ccc2c(c1)OCO2)c1ccc(S(=O)(=O)Nc2ccccc2)cc1. The Balaban J connectivity index is 1.27. The Hall–Kier alpha value is -3.76. The van der Waals surface area contributed by atoms with Crippen LogP contribution in [0.4, 0.5) is 5.69 Å². The van der Waals surface area contributed by atoms with Gasteiger partial charge in [0.25, 0.3) is 15.9 Å². The third-order valence-corrected chi connectivity index (χ3v) is 6.13. The number of carbonyl (C=O) groups excluding carboxylic acids is 1. The zero-order chi connectivity index (χ0) is 23.3. The van der Waals surface area contributed by atoms with Gasteiger partial charge in [-0.15, -0.1) is 0 Å². The molecule has 3 aromatic rings. The summed E-state index contributed by atoms with van der Waals surface area (Å²) < 4.78 is 43.4. The number of hydrogen-bond acceptors (Lipinski definition) is 7. The van der Waals surface area contributed by atoms with Gasteiger partial charge in [-0.2, -0.15) is 0 Å². The summed E-state index contributed by atoms with van der Waals surface area (Å²) in [6.45, 7) is 0.0746. The fourth-order valence-electron chi connectivity index (χ4n) is 3.04. The Labute approximate surface area is 191 Å². The highest BCUT2D eigenvalue weighted by molar-refractivity contribution is 7.92. The molecule has 0 radical (unpaired) electrons.